The Balaban J connectivity index is 1.79. The van der Waals surface area contributed by atoms with E-state index < -0.39 is 0 Å². The molecule has 2 aromatic heterocycles. The Morgan fingerprint density at radius 2 is 2.00 bits per heavy atom. The molecule has 0 aliphatic heterocycles. The van der Waals surface area contributed by atoms with Crippen LogP contribution in [-0.2, 0) is 13.0 Å². The van der Waals surface area contributed by atoms with Crippen molar-refractivity contribution in [3.05, 3.63) is 64.9 Å². The highest BCUT2D eigenvalue weighted by atomic mass is 19.1. The van der Waals surface area contributed by atoms with Crippen LogP contribution < -0.4 is 5.32 Å². The fraction of sp³-hybridized carbons (Fsp3) is 0.278. The first kappa shape index (κ1) is 16.9. The van der Waals surface area contributed by atoms with Gasteiger partial charge >= 0.3 is 0 Å². The zero-order valence-corrected chi connectivity index (χ0v) is 14.3. The van der Waals surface area contributed by atoms with Gasteiger partial charge in [0.15, 0.2) is 0 Å². The van der Waals surface area contributed by atoms with E-state index in [4.69, 9.17) is 4.42 Å². The van der Waals surface area contributed by atoms with Crippen LogP contribution in [0.3, 0.4) is 0 Å². The fourth-order valence-corrected chi connectivity index (χ4v) is 2.57. The highest BCUT2D eigenvalue weighted by Gasteiger charge is 2.18. The van der Waals surface area contributed by atoms with Crippen LogP contribution in [0.4, 0.5) is 4.39 Å². The number of oxazole rings is 1. The van der Waals surface area contributed by atoms with Gasteiger partial charge in [-0.2, -0.15) is 5.10 Å². The van der Waals surface area contributed by atoms with E-state index in [1.807, 2.05) is 20.8 Å². The molecule has 0 spiro atoms. The Morgan fingerprint density at radius 3 is 2.60 bits per heavy atom. The van der Waals surface area contributed by atoms with Gasteiger partial charge in [-0.05, 0) is 44.5 Å². The third-order valence-electron chi connectivity index (χ3n) is 3.99. The van der Waals surface area contributed by atoms with E-state index in [0.29, 0.717) is 23.6 Å². The lowest BCUT2D eigenvalue weighted by Gasteiger charge is -2.08. The Hall–Kier alpha value is -2.96. The highest BCUT2D eigenvalue weighted by Crippen LogP contribution is 2.17. The second kappa shape index (κ2) is 6.88. The number of rotatable bonds is 5. The normalized spacial score (nSPS) is 10.9. The average Bonchev–Trinajstić information content (AvgIpc) is 3.17. The number of benzene rings is 1. The molecule has 0 unspecified atom stereocenters. The van der Waals surface area contributed by atoms with Gasteiger partial charge in [0, 0.05) is 0 Å². The molecule has 3 rings (SSSR count). The average molecular weight is 342 g/mol. The number of aromatic nitrogens is 3. The molecule has 130 valence electrons. The molecule has 0 aliphatic rings. The Labute approximate surface area is 144 Å². The molecule has 0 bridgehead atoms. The first-order valence-electron chi connectivity index (χ1n) is 8.03. The maximum Gasteiger partial charge on any atom is 0.255 e. The van der Waals surface area contributed by atoms with Crippen molar-refractivity contribution in [1.82, 2.24) is 20.1 Å². The van der Waals surface area contributed by atoms with Crippen LogP contribution >= 0.6 is 0 Å². The number of amides is 1. The maximum atomic E-state index is 13.1. The molecule has 25 heavy (non-hydrogen) atoms. The highest BCUT2D eigenvalue weighted by molar-refractivity contribution is 5.95. The van der Waals surface area contributed by atoms with Gasteiger partial charge in [0.05, 0.1) is 35.4 Å². The summed E-state index contributed by atoms with van der Waals surface area (Å²) in [6, 6.07) is 5.98. The molecule has 6 nitrogen and oxygen atoms in total. The summed E-state index contributed by atoms with van der Waals surface area (Å²) in [4.78, 5) is 16.7. The van der Waals surface area contributed by atoms with Crippen LogP contribution in [0.1, 0.15) is 40.3 Å². The maximum absolute atomic E-state index is 13.1. The lowest BCUT2D eigenvalue weighted by molar-refractivity contribution is 0.0946. The number of hydrogen-bond acceptors (Lipinski definition) is 4. The van der Waals surface area contributed by atoms with Gasteiger partial charge < -0.3 is 9.73 Å². The summed E-state index contributed by atoms with van der Waals surface area (Å²) in [6.45, 7) is 5.83. The predicted molar refractivity (Wildman–Crippen MR) is 90.0 cm³/mol. The van der Waals surface area contributed by atoms with Crippen LogP contribution in [0.15, 0.2) is 34.9 Å². The number of halogens is 1. The van der Waals surface area contributed by atoms with Crippen molar-refractivity contribution in [3.8, 4) is 5.69 Å². The van der Waals surface area contributed by atoms with Gasteiger partial charge in [0.2, 0.25) is 5.89 Å². The second-order valence-corrected chi connectivity index (χ2v) is 5.68. The third-order valence-corrected chi connectivity index (χ3v) is 3.99. The number of aryl methyl sites for hydroxylation is 2. The van der Waals surface area contributed by atoms with Gasteiger partial charge in [-0.25, -0.2) is 14.1 Å². The zero-order valence-electron chi connectivity index (χ0n) is 14.3. The molecule has 1 N–H and O–H groups in total. The zero-order chi connectivity index (χ0) is 18.0. The predicted octanol–water partition coefficient (Wildman–Crippen LogP) is 3.11. The number of nitrogens with zero attached hydrogens (tertiary/aromatic N) is 3. The van der Waals surface area contributed by atoms with Crippen LogP contribution in [-0.4, -0.2) is 20.7 Å². The van der Waals surface area contributed by atoms with E-state index in [0.717, 1.165) is 17.1 Å². The van der Waals surface area contributed by atoms with Crippen LogP contribution in [0.2, 0.25) is 0 Å². The minimum absolute atomic E-state index is 0.207. The Morgan fingerprint density at radius 1 is 1.28 bits per heavy atom. The molecule has 3 aromatic rings. The van der Waals surface area contributed by atoms with E-state index in [2.05, 4.69) is 15.4 Å². The Bertz CT molecular complexity index is 877. The molecule has 0 saturated carbocycles. The SMILES string of the molecule is CCc1c(C(=O)NCc2nc(C)c(C)o2)cnn1-c1ccc(F)cc1. The molecule has 0 radical (unpaired) electrons. The van der Waals surface area contributed by atoms with Gasteiger partial charge in [-0.3, -0.25) is 4.79 Å². The molecule has 7 heteroatoms. The van der Waals surface area contributed by atoms with Crippen LogP contribution in [0.5, 0.6) is 0 Å². The summed E-state index contributed by atoms with van der Waals surface area (Å²) >= 11 is 0. The molecular formula is C18H19FN4O2. The first-order valence-corrected chi connectivity index (χ1v) is 8.03. The molecule has 1 amide bonds. The fourth-order valence-electron chi connectivity index (χ4n) is 2.57. The summed E-state index contributed by atoms with van der Waals surface area (Å²) in [7, 11) is 0. The number of nitrogens with one attached hydrogen (secondary N) is 1. The monoisotopic (exact) mass is 342 g/mol. The van der Waals surface area contributed by atoms with Crippen molar-refractivity contribution in [2.45, 2.75) is 33.7 Å². The van der Waals surface area contributed by atoms with E-state index in [-0.39, 0.29) is 18.3 Å². The quantitative estimate of drug-likeness (QED) is 0.773. The van der Waals surface area contributed by atoms with E-state index in [1.165, 1.54) is 18.3 Å². The number of carbonyl (C=O) groups excluding carboxylic acids is 1. The van der Waals surface area contributed by atoms with E-state index in [1.54, 1.807) is 16.8 Å². The lowest BCUT2D eigenvalue weighted by atomic mass is 10.2. The molecule has 0 fully saturated rings. The molecule has 1 aromatic carbocycles. The molecule has 0 aliphatic carbocycles. The Kier molecular flexibility index (Phi) is 4.65. The standard InChI is InChI=1S/C18H19FN4O2/c1-4-16-15(9-21-23(16)14-7-5-13(19)6-8-14)18(24)20-10-17-22-11(2)12(3)25-17/h5-9H,4,10H2,1-3H3,(H,20,24). The topological polar surface area (TPSA) is 73.0 Å². The van der Waals surface area contributed by atoms with Gasteiger partial charge in [0.1, 0.15) is 11.6 Å². The molecular weight excluding hydrogens is 323 g/mol. The first-order chi connectivity index (χ1) is 12.0. The van der Waals surface area contributed by atoms with Crippen molar-refractivity contribution in [3.63, 3.8) is 0 Å². The van der Waals surface area contributed by atoms with Crippen LogP contribution in [0, 0.1) is 19.7 Å². The molecule has 0 atom stereocenters. The second-order valence-electron chi connectivity index (χ2n) is 5.68. The molecule has 2 heterocycles. The summed E-state index contributed by atoms with van der Waals surface area (Å²) in [6.07, 6.45) is 2.13. The summed E-state index contributed by atoms with van der Waals surface area (Å²) in [5, 5.41) is 7.07. The number of hydrogen-bond donors (Lipinski definition) is 1. The smallest absolute Gasteiger partial charge is 0.255 e. The summed E-state index contributed by atoms with van der Waals surface area (Å²) < 4.78 is 20.2. The van der Waals surface area contributed by atoms with Gasteiger partial charge in [0.25, 0.3) is 5.91 Å². The third kappa shape index (κ3) is 3.45. The summed E-state index contributed by atoms with van der Waals surface area (Å²) in [5.41, 5.74) is 2.74. The van der Waals surface area contributed by atoms with Crippen molar-refractivity contribution < 1.29 is 13.6 Å². The van der Waals surface area contributed by atoms with Crippen molar-refractivity contribution in [2.75, 3.05) is 0 Å². The van der Waals surface area contributed by atoms with E-state index in [9.17, 15) is 9.18 Å². The minimum atomic E-state index is -0.316. The van der Waals surface area contributed by atoms with Gasteiger partial charge in [-0.1, -0.05) is 6.92 Å². The lowest BCUT2D eigenvalue weighted by Crippen LogP contribution is -2.24. The molecule has 0 saturated heterocycles. The van der Waals surface area contributed by atoms with Crippen LogP contribution in [0.25, 0.3) is 5.69 Å². The number of carbonyl (C=O) groups is 1. The summed E-state index contributed by atoms with van der Waals surface area (Å²) in [5.74, 6) is 0.636. The van der Waals surface area contributed by atoms with Crippen molar-refractivity contribution in [1.29, 1.82) is 0 Å². The van der Waals surface area contributed by atoms with Crippen molar-refractivity contribution >= 4 is 5.91 Å². The minimum Gasteiger partial charge on any atom is -0.444 e. The van der Waals surface area contributed by atoms with Gasteiger partial charge in [-0.15, -0.1) is 0 Å². The van der Waals surface area contributed by atoms with Crippen molar-refractivity contribution in [2.24, 2.45) is 0 Å². The van der Waals surface area contributed by atoms with E-state index >= 15 is 0 Å². The largest absolute Gasteiger partial charge is 0.444 e.